The van der Waals surface area contributed by atoms with E-state index in [1.165, 1.54) is 0 Å². The third-order valence-corrected chi connectivity index (χ3v) is 3.41. The number of benzene rings is 1. The molecule has 0 aromatic heterocycles. The molecule has 2 N–H and O–H groups in total. The molecule has 0 bridgehead atoms. The summed E-state index contributed by atoms with van der Waals surface area (Å²) in [6, 6.07) is 7.01. The Kier molecular flexibility index (Phi) is 3.97. The van der Waals surface area contributed by atoms with Gasteiger partial charge in [0.2, 0.25) is 5.91 Å². The molecule has 1 fully saturated rings. The van der Waals surface area contributed by atoms with Crippen molar-refractivity contribution in [2.45, 2.75) is 25.7 Å². The number of amides is 1. The summed E-state index contributed by atoms with van der Waals surface area (Å²) in [5.74, 6) is -0.199. The maximum absolute atomic E-state index is 11.0. The molecule has 4 nitrogen and oxygen atoms in total. The lowest BCUT2D eigenvalue weighted by Gasteiger charge is -2.22. The zero-order valence-electron chi connectivity index (χ0n) is 10.2. The number of piperidine rings is 1. The minimum absolute atomic E-state index is 0.150. The predicted molar refractivity (Wildman–Crippen MR) is 67.5 cm³/mol. The molecule has 18 heavy (non-hydrogen) atoms. The van der Waals surface area contributed by atoms with E-state index in [1.807, 2.05) is 12.1 Å². The van der Waals surface area contributed by atoms with Crippen molar-refractivity contribution in [2.75, 3.05) is 6.54 Å². The van der Waals surface area contributed by atoms with Gasteiger partial charge in [0, 0.05) is 13.0 Å². The second kappa shape index (κ2) is 5.67. The van der Waals surface area contributed by atoms with E-state index in [2.05, 4.69) is 5.32 Å². The molecular formula is C14H17NO3. The van der Waals surface area contributed by atoms with Crippen LogP contribution in [-0.4, -0.2) is 23.5 Å². The van der Waals surface area contributed by atoms with Gasteiger partial charge in [0.25, 0.3) is 0 Å². The maximum atomic E-state index is 11.0. The third-order valence-electron chi connectivity index (χ3n) is 3.41. The third kappa shape index (κ3) is 3.32. The first-order valence-electron chi connectivity index (χ1n) is 6.24. The lowest BCUT2D eigenvalue weighted by molar-refractivity contribution is -0.122. The summed E-state index contributed by atoms with van der Waals surface area (Å²) in [7, 11) is 0. The molecule has 4 heteroatoms. The molecule has 1 heterocycles. The van der Waals surface area contributed by atoms with Crippen LogP contribution in [0.25, 0.3) is 0 Å². The van der Waals surface area contributed by atoms with E-state index < -0.39 is 5.97 Å². The van der Waals surface area contributed by atoms with Gasteiger partial charge < -0.3 is 10.4 Å². The molecule has 0 radical (unpaired) electrons. The van der Waals surface area contributed by atoms with Crippen LogP contribution in [0, 0.1) is 5.92 Å². The molecule has 1 aliphatic rings. The van der Waals surface area contributed by atoms with Crippen LogP contribution in [0.3, 0.4) is 0 Å². The summed E-state index contributed by atoms with van der Waals surface area (Å²) in [5, 5.41) is 11.7. The highest BCUT2D eigenvalue weighted by Gasteiger charge is 2.17. The number of carbonyl (C=O) groups excluding carboxylic acids is 1. The van der Waals surface area contributed by atoms with Crippen LogP contribution >= 0.6 is 0 Å². The summed E-state index contributed by atoms with van der Waals surface area (Å²) in [6.45, 7) is 0.770. The van der Waals surface area contributed by atoms with Gasteiger partial charge in [-0.25, -0.2) is 4.79 Å². The number of aryl methyl sites for hydroxylation is 1. The summed E-state index contributed by atoms with van der Waals surface area (Å²) in [6.07, 6.45) is 3.55. The minimum atomic E-state index is -0.892. The van der Waals surface area contributed by atoms with E-state index in [0.717, 1.165) is 31.4 Å². The van der Waals surface area contributed by atoms with Crippen molar-refractivity contribution in [3.05, 3.63) is 35.4 Å². The van der Waals surface area contributed by atoms with Crippen molar-refractivity contribution in [1.82, 2.24) is 5.32 Å². The molecule has 0 spiro atoms. The number of aromatic carboxylic acids is 1. The largest absolute Gasteiger partial charge is 0.478 e. The first-order valence-corrected chi connectivity index (χ1v) is 6.24. The number of hydrogen-bond donors (Lipinski definition) is 2. The number of carboxylic acid groups (broad SMARTS) is 1. The monoisotopic (exact) mass is 247 g/mol. The first kappa shape index (κ1) is 12.6. The Bertz CT molecular complexity index is 429. The molecule has 1 saturated heterocycles. The fourth-order valence-corrected chi connectivity index (χ4v) is 2.22. The molecule has 1 aliphatic heterocycles. The highest BCUT2D eigenvalue weighted by molar-refractivity contribution is 5.87. The molecule has 1 amide bonds. The SMILES string of the molecule is O=C1CCC(CCc2ccc(C(=O)O)cc2)CN1. The topological polar surface area (TPSA) is 66.4 Å². The normalized spacial score (nSPS) is 19.3. The average molecular weight is 247 g/mol. The standard InChI is InChI=1S/C14H17NO3/c16-13-8-5-11(9-15-13)2-1-10-3-6-12(7-4-10)14(17)18/h3-4,6-7,11H,1-2,5,8-9H2,(H,15,16)(H,17,18). The molecule has 0 aliphatic carbocycles. The number of hydrogen-bond acceptors (Lipinski definition) is 2. The van der Waals surface area contributed by atoms with E-state index >= 15 is 0 Å². The second-order valence-corrected chi connectivity index (χ2v) is 4.75. The first-order chi connectivity index (χ1) is 8.65. The van der Waals surface area contributed by atoms with Gasteiger partial charge in [-0.1, -0.05) is 12.1 Å². The quantitative estimate of drug-likeness (QED) is 0.853. The van der Waals surface area contributed by atoms with Crippen molar-refractivity contribution < 1.29 is 14.7 Å². The summed E-state index contributed by atoms with van der Waals surface area (Å²) < 4.78 is 0. The summed E-state index contributed by atoms with van der Waals surface area (Å²) in [5.41, 5.74) is 1.47. The predicted octanol–water partition coefficient (Wildman–Crippen LogP) is 1.84. The summed E-state index contributed by atoms with van der Waals surface area (Å²) >= 11 is 0. The lowest BCUT2D eigenvalue weighted by atomic mass is 9.92. The molecular weight excluding hydrogens is 230 g/mol. The highest BCUT2D eigenvalue weighted by Crippen LogP contribution is 2.17. The van der Waals surface area contributed by atoms with Crippen molar-refractivity contribution >= 4 is 11.9 Å². The van der Waals surface area contributed by atoms with Crippen LogP contribution in [0.4, 0.5) is 0 Å². The van der Waals surface area contributed by atoms with Gasteiger partial charge in [0.05, 0.1) is 5.56 Å². The van der Waals surface area contributed by atoms with E-state index in [-0.39, 0.29) is 5.91 Å². The lowest BCUT2D eigenvalue weighted by Crippen LogP contribution is -2.34. The zero-order valence-corrected chi connectivity index (χ0v) is 10.2. The number of nitrogens with one attached hydrogen (secondary N) is 1. The Balaban J connectivity index is 1.83. The van der Waals surface area contributed by atoms with Gasteiger partial charge in [0.15, 0.2) is 0 Å². The zero-order chi connectivity index (χ0) is 13.0. The van der Waals surface area contributed by atoms with Crippen molar-refractivity contribution in [1.29, 1.82) is 0 Å². The molecule has 1 aromatic rings. The van der Waals surface area contributed by atoms with Gasteiger partial charge >= 0.3 is 5.97 Å². The number of carboxylic acids is 1. The number of rotatable bonds is 4. The smallest absolute Gasteiger partial charge is 0.335 e. The molecule has 1 unspecified atom stereocenters. The van der Waals surface area contributed by atoms with Gasteiger partial charge in [-0.05, 0) is 42.9 Å². The minimum Gasteiger partial charge on any atom is -0.478 e. The van der Waals surface area contributed by atoms with Crippen LogP contribution in [0.15, 0.2) is 24.3 Å². The Morgan fingerprint density at radius 3 is 2.61 bits per heavy atom. The van der Waals surface area contributed by atoms with Crippen LogP contribution in [0.2, 0.25) is 0 Å². The van der Waals surface area contributed by atoms with Crippen molar-refractivity contribution in [3.8, 4) is 0 Å². The number of carbonyl (C=O) groups is 2. The fourth-order valence-electron chi connectivity index (χ4n) is 2.22. The van der Waals surface area contributed by atoms with E-state index in [1.54, 1.807) is 12.1 Å². The fraction of sp³-hybridized carbons (Fsp3) is 0.429. The average Bonchev–Trinajstić information content (AvgIpc) is 2.38. The van der Waals surface area contributed by atoms with Crippen LogP contribution < -0.4 is 5.32 Å². The molecule has 96 valence electrons. The molecule has 2 rings (SSSR count). The van der Waals surface area contributed by atoms with E-state index in [9.17, 15) is 9.59 Å². The van der Waals surface area contributed by atoms with Crippen molar-refractivity contribution in [2.24, 2.45) is 5.92 Å². The van der Waals surface area contributed by atoms with Gasteiger partial charge in [-0.15, -0.1) is 0 Å². The van der Waals surface area contributed by atoms with Crippen LogP contribution in [0.1, 0.15) is 35.2 Å². The second-order valence-electron chi connectivity index (χ2n) is 4.75. The Labute approximate surface area is 106 Å². The van der Waals surface area contributed by atoms with Gasteiger partial charge in [-0.2, -0.15) is 0 Å². The molecule has 1 atom stereocenters. The van der Waals surface area contributed by atoms with Gasteiger partial charge in [-0.3, -0.25) is 4.79 Å². The Morgan fingerprint density at radius 1 is 1.33 bits per heavy atom. The maximum Gasteiger partial charge on any atom is 0.335 e. The van der Waals surface area contributed by atoms with Gasteiger partial charge in [0.1, 0.15) is 0 Å². The highest BCUT2D eigenvalue weighted by atomic mass is 16.4. The Morgan fingerprint density at radius 2 is 2.06 bits per heavy atom. The molecule has 0 saturated carbocycles. The van der Waals surface area contributed by atoms with Crippen molar-refractivity contribution in [3.63, 3.8) is 0 Å². The Hall–Kier alpha value is -1.84. The summed E-state index contributed by atoms with van der Waals surface area (Å²) in [4.78, 5) is 21.7. The van der Waals surface area contributed by atoms with Crippen LogP contribution in [-0.2, 0) is 11.2 Å². The van der Waals surface area contributed by atoms with E-state index in [0.29, 0.717) is 17.9 Å². The van der Waals surface area contributed by atoms with E-state index in [4.69, 9.17) is 5.11 Å². The molecule has 1 aromatic carbocycles. The van der Waals surface area contributed by atoms with Crippen LogP contribution in [0.5, 0.6) is 0 Å².